The summed E-state index contributed by atoms with van der Waals surface area (Å²) in [4.78, 5) is 23.2. The maximum atomic E-state index is 11.2. The van der Waals surface area contributed by atoms with Gasteiger partial charge in [0.1, 0.15) is 6.29 Å². The summed E-state index contributed by atoms with van der Waals surface area (Å²) in [6.07, 6.45) is -0.308. The van der Waals surface area contributed by atoms with Crippen LogP contribution in [0.2, 0.25) is 5.02 Å². The number of amides is 1. The highest BCUT2D eigenvalue weighted by molar-refractivity contribution is 6.31. The average molecular weight is 270 g/mol. The number of carboxylic acid groups (broad SMARTS) is 1. The number of benzene rings is 1. The molecule has 1 amide bonds. The Bertz CT molecular complexity index is 466. The second-order valence-electron chi connectivity index (χ2n) is 5.01. The number of hydrogen-bond acceptors (Lipinski definition) is 2. The van der Waals surface area contributed by atoms with Crippen LogP contribution in [0.3, 0.4) is 0 Å². The number of aldehydes is 1. The fourth-order valence-electron chi connectivity index (χ4n) is 1.55. The summed E-state index contributed by atoms with van der Waals surface area (Å²) in [6, 6.07) is 4.81. The molecule has 0 aliphatic rings. The summed E-state index contributed by atoms with van der Waals surface area (Å²) in [7, 11) is 0. The smallest absolute Gasteiger partial charge is 0.408 e. The molecule has 0 spiro atoms. The lowest BCUT2D eigenvalue weighted by molar-refractivity contribution is 0.0956. The summed E-state index contributed by atoms with van der Waals surface area (Å²) in [6.45, 7) is 5.56. The minimum Gasteiger partial charge on any atom is -0.465 e. The van der Waals surface area contributed by atoms with Crippen molar-refractivity contribution in [2.24, 2.45) is 0 Å². The van der Waals surface area contributed by atoms with Crippen molar-refractivity contribution in [3.05, 3.63) is 34.3 Å². The molecule has 0 saturated carbocycles. The van der Waals surface area contributed by atoms with E-state index in [9.17, 15) is 14.7 Å². The second-order valence-corrected chi connectivity index (χ2v) is 5.42. The highest BCUT2D eigenvalue weighted by Crippen LogP contribution is 2.23. The first-order chi connectivity index (χ1) is 8.25. The predicted molar refractivity (Wildman–Crippen MR) is 70.2 cm³/mol. The zero-order valence-corrected chi connectivity index (χ0v) is 11.4. The van der Waals surface area contributed by atoms with Gasteiger partial charge in [-0.2, -0.15) is 0 Å². The van der Waals surface area contributed by atoms with E-state index in [1.54, 1.807) is 39.0 Å². The molecule has 0 heterocycles. The van der Waals surface area contributed by atoms with Crippen LogP contribution in [0, 0.1) is 0 Å². The summed E-state index contributed by atoms with van der Waals surface area (Å²) in [5.74, 6) is 0. The topological polar surface area (TPSA) is 57.6 Å². The van der Waals surface area contributed by atoms with E-state index in [2.05, 4.69) is 0 Å². The molecule has 18 heavy (non-hydrogen) atoms. The lowest BCUT2D eigenvalue weighted by Crippen LogP contribution is -2.44. The molecule has 0 atom stereocenters. The number of carbonyl (C=O) groups is 2. The number of halogens is 1. The van der Waals surface area contributed by atoms with Crippen LogP contribution in [0.1, 0.15) is 36.7 Å². The van der Waals surface area contributed by atoms with Gasteiger partial charge < -0.3 is 5.11 Å². The van der Waals surface area contributed by atoms with Crippen molar-refractivity contribution in [1.29, 1.82) is 0 Å². The Morgan fingerprint density at radius 2 is 2.06 bits per heavy atom. The highest BCUT2D eigenvalue weighted by Gasteiger charge is 2.26. The maximum absolute atomic E-state index is 11.2. The summed E-state index contributed by atoms with van der Waals surface area (Å²) >= 11 is 6.02. The number of nitrogens with zero attached hydrogens (tertiary/aromatic N) is 1. The normalized spacial score (nSPS) is 11.1. The van der Waals surface area contributed by atoms with Crippen molar-refractivity contribution in [2.75, 3.05) is 0 Å². The van der Waals surface area contributed by atoms with Gasteiger partial charge in [0.25, 0.3) is 0 Å². The van der Waals surface area contributed by atoms with Gasteiger partial charge in [-0.05, 0) is 38.5 Å². The minimum atomic E-state index is -1.02. The van der Waals surface area contributed by atoms with Gasteiger partial charge in [0.05, 0.1) is 6.54 Å². The molecule has 0 radical (unpaired) electrons. The van der Waals surface area contributed by atoms with Gasteiger partial charge in [0.15, 0.2) is 0 Å². The van der Waals surface area contributed by atoms with Crippen LogP contribution < -0.4 is 0 Å². The molecule has 0 unspecified atom stereocenters. The van der Waals surface area contributed by atoms with Crippen molar-refractivity contribution < 1.29 is 14.7 Å². The lowest BCUT2D eigenvalue weighted by atomic mass is 10.0. The standard InChI is InChI=1S/C13H16ClNO3/c1-13(2,3)15(12(17)18)7-10-6-9(8-16)4-5-11(10)14/h4-6,8H,7H2,1-3H3,(H,17,18). The SMILES string of the molecule is CC(C)(C)N(Cc1cc(C=O)ccc1Cl)C(=O)O. The quantitative estimate of drug-likeness (QED) is 0.855. The number of carbonyl (C=O) groups excluding carboxylic acids is 1. The van der Waals surface area contributed by atoms with Gasteiger partial charge in [-0.1, -0.05) is 17.7 Å². The summed E-state index contributed by atoms with van der Waals surface area (Å²) in [5.41, 5.74) is 0.569. The predicted octanol–water partition coefficient (Wildman–Crippen LogP) is 3.43. The van der Waals surface area contributed by atoms with Gasteiger partial charge in [-0.25, -0.2) is 4.79 Å². The van der Waals surface area contributed by atoms with Crippen molar-refractivity contribution in [1.82, 2.24) is 4.90 Å². The van der Waals surface area contributed by atoms with Crippen LogP contribution in [-0.2, 0) is 6.54 Å². The summed E-state index contributed by atoms with van der Waals surface area (Å²) in [5, 5.41) is 9.66. The first kappa shape index (κ1) is 14.5. The molecule has 1 aromatic carbocycles. The molecule has 0 fully saturated rings. The Labute approximate surface area is 111 Å². The molecular formula is C13H16ClNO3. The van der Waals surface area contributed by atoms with Gasteiger partial charge in [0, 0.05) is 16.1 Å². The van der Waals surface area contributed by atoms with Crippen LogP contribution in [0.5, 0.6) is 0 Å². The Balaban J connectivity index is 3.08. The average Bonchev–Trinajstić information content (AvgIpc) is 2.25. The van der Waals surface area contributed by atoms with Crippen molar-refractivity contribution in [2.45, 2.75) is 32.9 Å². The minimum absolute atomic E-state index is 0.152. The van der Waals surface area contributed by atoms with Crippen molar-refractivity contribution in [3.63, 3.8) is 0 Å². The van der Waals surface area contributed by atoms with E-state index < -0.39 is 11.6 Å². The molecule has 5 heteroatoms. The van der Waals surface area contributed by atoms with E-state index in [1.165, 1.54) is 4.90 Å². The van der Waals surface area contributed by atoms with Gasteiger partial charge in [-0.3, -0.25) is 9.69 Å². The van der Waals surface area contributed by atoms with Crippen molar-refractivity contribution >= 4 is 24.0 Å². The van der Waals surface area contributed by atoms with Crippen molar-refractivity contribution in [3.8, 4) is 0 Å². The van der Waals surface area contributed by atoms with Gasteiger partial charge >= 0.3 is 6.09 Å². The van der Waals surface area contributed by atoms with Crippen LogP contribution in [-0.4, -0.2) is 27.9 Å². The molecule has 0 aliphatic heterocycles. The summed E-state index contributed by atoms with van der Waals surface area (Å²) < 4.78 is 0. The molecule has 0 bridgehead atoms. The van der Waals surface area contributed by atoms with E-state index >= 15 is 0 Å². The van der Waals surface area contributed by atoms with Gasteiger partial charge in [0.2, 0.25) is 0 Å². The third-order valence-corrected chi connectivity index (χ3v) is 2.94. The first-order valence-corrected chi connectivity index (χ1v) is 5.87. The molecular weight excluding hydrogens is 254 g/mol. The number of hydrogen-bond donors (Lipinski definition) is 1. The van der Waals surface area contributed by atoms with E-state index in [4.69, 9.17) is 11.6 Å². The van der Waals surface area contributed by atoms with Crippen LogP contribution in [0.15, 0.2) is 18.2 Å². The monoisotopic (exact) mass is 269 g/mol. The molecule has 1 aromatic rings. The van der Waals surface area contributed by atoms with Crippen LogP contribution in [0.4, 0.5) is 4.79 Å². The molecule has 1 N–H and O–H groups in total. The Kier molecular flexibility index (Phi) is 4.35. The third-order valence-electron chi connectivity index (χ3n) is 2.57. The maximum Gasteiger partial charge on any atom is 0.408 e. The fourth-order valence-corrected chi connectivity index (χ4v) is 1.73. The molecule has 4 nitrogen and oxygen atoms in total. The highest BCUT2D eigenvalue weighted by atomic mass is 35.5. The lowest BCUT2D eigenvalue weighted by Gasteiger charge is -2.33. The van der Waals surface area contributed by atoms with Crippen LogP contribution in [0.25, 0.3) is 0 Å². The number of rotatable bonds is 3. The van der Waals surface area contributed by atoms with E-state index in [0.29, 0.717) is 22.4 Å². The zero-order chi connectivity index (χ0) is 13.9. The van der Waals surface area contributed by atoms with Gasteiger partial charge in [-0.15, -0.1) is 0 Å². The molecule has 0 saturated heterocycles. The van der Waals surface area contributed by atoms with E-state index in [1.807, 2.05) is 0 Å². The largest absolute Gasteiger partial charge is 0.465 e. The molecule has 1 rings (SSSR count). The third kappa shape index (κ3) is 3.47. The molecule has 0 aliphatic carbocycles. The first-order valence-electron chi connectivity index (χ1n) is 5.50. The molecule has 98 valence electrons. The van der Waals surface area contributed by atoms with E-state index in [-0.39, 0.29) is 6.54 Å². The molecule has 0 aromatic heterocycles. The Morgan fingerprint density at radius 3 is 2.50 bits per heavy atom. The van der Waals surface area contributed by atoms with Crippen LogP contribution >= 0.6 is 11.6 Å². The zero-order valence-electron chi connectivity index (χ0n) is 10.6. The van der Waals surface area contributed by atoms with E-state index in [0.717, 1.165) is 0 Å². The Hall–Kier alpha value is -1.55. The Morgan fingerprint density at radius 1 is 1.44 bits per heavy atom. The second kappa shape index (κ2) is 5.40. The fraction of sp³-hybridized carbons (Fsp3) is 0.385.